The summed E-state index contributed by atoms with van der Waals surface area (Å²) in [7, 11) is 1.63. The van der Waals surface area contributed by atoms with Crippen LogP contribution in [0.2, 0.25) is 0 Å². The van der Waals surface area contributed by atoms with E-state index in [1.165, 1.54) is 23.1 Å². The molecule has 5 nitrogen and oxygen atoms in total. The van der Waals surface area contributed by atoms with Crippen LogP contribution >= 0.6 is 0 Å². The first-order valence-electron chi connectivity index (χ1n) is 10.3. The number of nitrogens with zero attached hydrogens (tertiary/aromatic N) is 2. The van der Waals surface area contributed by atoms with Gasteiger partial charge in [0.1, 0.15) is 17.4 Å². The lowest BCUT2D eigenvalue weighted by Gasteiger charge is -2.26. The third-order valence-electron chi connectivity index (χ3n) is 5.59. The molecule has 0 radical (unpaired) electrons. The number of benzene rings is 3. The van der Waals surface area contributed by atoms with Crippen LogP contribution in [0.4, 0.5) is 8.78 Å². The lowest BCUT2D eigenvalue weighted by Crippen LogP contribution is -2.30. The van der Waals surface area contributed by atoms with Crippen LogP contribution in [-0.2, 0) is 0 Å². The van der Waals surface area contributed by atoms with Crippen molar-refractivity contribution in [1.82, 2.24) is 15.1 Å². The van der Waals surface area contributed by atoms with Crippen LogP contribution in [-0.4, -0.2) is 34.7 Å². The molecule has 0 aliphatic carbocycles. The number of hydrogen-bond donors (Lipinski definition) is 1. The van der Waals surface area contributed by atoms with Crippen molar-refractivity contribution in [3.8, 4) is 16.9 Å². The van der Waals surface area contributed by atoms with Gasteiger partial charge in [-0.05, 0) is 61.9 Å². The van der Waals surface area contributed by atoms with E-state index >= 15 is 0 Å². The molecule has 0 aliphatic heterocycles. The molecule has 0 saturated carbocycles. The van der Waals surface area contributed by atoms with Gasteiger partial charge in [-0.2, -0.15) is 5.10 Å². The molecular weight excluding hydrogens is 412 g/mol. The van der Waals surface area contributed by atoms with E-state index in [9.17, 15) is 13.6 Å². The Hall–Kier alpha value is -3.74. The molecule has 1 atom stereocenters. The molecule has 4 aromatic rings. The Kier molecular flexibility index (Phi) is 5.90. The summed E-state index contributed by atoms with van der Waals surface area (Å²) in [6, 6.07) is 13.7. The van der Waals surface area contributed by atoms with E-state index in [4.69, 9.17) is 4.74 Å². The van der Waals surface area contributed by atoms with Gasteiger partial charge in [-0.3, -0.25) is 9.89 Å². The number of fused-ring (bicyclic) bond motifs is 1. The minimum absolute atomic E-state index is 0.292. The first kappa shape index (κ1) is 21.5. The van der Waals surface area contributed by atoms with Crippen molar-refractivity contribution in [1.29, 1.82) is 0 Å². The van der Waals surface area contributed by atoms with E-state index in [2.05, 4.69) is 10.2 Å². The second-order valence-electron chi connectivity index (χ2n) is 7.54. The van der Waals surface area contributed by atoms with E-state index in [0.29, 0.717) is 40.1 Å². The number of aromatic amines is 1. The van der Waals surface area contributed by atoms with Gasteiger partial charge >= 0.3 is 0 Å². The molecule has 0 fully saturated rings. The van der Waals surface area contributed by atoms with Gasteiger partial charge in [-0.15, -0.1) is 0 Å². The topological polar surface area (TPSA) is 58.2 Å². The predicted octanol–water partition coefficient (Wildman–Crippen LogP) is 5.74. The summed E-state index contributed by atoms with van der Waals surface area (Å²) < 4.78 is 34.1. The summed E-state index contributed by atoms with van der Waals surface area (Å²) in [6.07, 6.45) is 1.62. The average Bonchev–Trinajstić information content (AvgIpc) is 3.26. The number of H-pyrrole nitrogens is 1. The zero-order valence-corrected chi connectivity index (χ0v) is 18.0. The lowest BCUT2D eigenvalue weighted by atomic mass is 10.0. The van der Waals surface area contributed by atoms with Crippen molar-refractivity contribution in [2.75, 3.05) is 13.7 Å². The number of rotatable bonds is 6. The molecule has 1 unspecified atom stereocenters. The molecular formula is C25H23F2N3O2. The number of amides is 1. The number of nitrogens with one attached hydrogen (secondary N) is 1. The van der Waals surface area contributed by atoms with Crippen molar-refractivity contribution in [3.63, 3.8) is 0 Å². The minimum Gasteiger partial charge on any atom is -0.493 e. The SMILES string of the molecule is CCOc1cc(C(=O)N(C)C(C)c2c(F)ccc3cn[nH]c23)ccc1-c1cccc(F)c1. The van der Waals surface area contributed by atoms with E-state index < -0.39 is 11.9 Å². The molecule has 0 saturated heterocycles. The van der Waals surface area contributed by atoms with Crippen LogP contribution in [0.3, 0.4) is 0 Å². The van der Waals surface area contributed by atoms with Crippen molar-refractivity contribution in [2.24, 2.45) is 0 Å². The molecule has 4 rings (SSSR count). The molecule has 0 spiro atoms. The summed E-state index contributed by atoms with van der Waals surface area (Å²) in [4.78, 5) is 14.7. The summed E-state index contributed by atoms with van der Waals surface area (Å²) >= 11 is 0. The van der Waals surface area contributed by atoms with Gasteiger partial charge in [0.15, 0.2) is 0 Å². The standard InChI is InChI=1S/C25H23F2N3O2/c1-4-32-22-13-17(8-10-20(22)16-6-5-7-19(26)12-16)25(31)30(3)15(2)23-21(27)11-9-18-14-28-29-24(18)23/h5-15H,4H2,1-3H3,(H,28,29). The summed E-state index contributed by atoms with van der Waals surface area (Å²) in [5.41, 5.74) is 2.67. The highest BCUT2D eigenvalue weighted by atomic mass is 19.1. The highest BCUT2D eigenvalue weighted by Crippen LogP contribution is 2.33. The van der Waals surface area contributed by atoms with Crippen LogP contribution in [0.1, 0.15) is 35.8 Å². The first-order chi connectivity index (χ1) is 15.4. The third-order valence-corrected chi connectivity index (χ3v) is 5.59. The minimum atomic E-state index is -0.551. The Morgan fingerprint density at radius 2 is 1.97 bits per heavy atom. The molecule has 32 heavy (non-hydrogen) atoms. The normalized spacial score (nSPS) is 12.0. The highest BCUT2D eigenvalue weighted by molar-refractivity contribution is 5.96. The maximum Gasteiger partial charge on any atom is 0.254 e. The maximum atomic E-state index is 14.7. The number of aromatic nitrogens is 2. The molecule has 1 amide bonds. The van der Waals surface area contributed by atoms with E-state index in [-0.39, 0.29) is 11.7 Å². The van der Waals surface area contributed by atoms with E-state index in [1.807, 2.05) is 6.92 Å². The van der Waals surface area contributed by atoms with Crippen molar-refractivity contribution in [2.45, 2.75) is 19.9 Å². The van der Waals surface area contributed by atoms with Gasteiger partial charge in [0, 0.05) is 29.1 Å². The molecule has 0 aliphatic rings. The zero-order chi connectivity index (χ0) is 22.8. The summed E-state index contributed by atoms with van der Waals surface area (Å²) in [5, 5.41) is 7.58. The largest absolute Gasteiger partial charge is 0.493 e. The summed E-state index contributed by atoms with van der Waals surface area (Å²) in [6.45, 7) is 3.99. The van der Waals surface area contributed by atoms with Gasteiger partial charge in [0.25, 0.3) is 5.91 Å². The molecule has 1 aromatic heterocycles. The molecule has 164 valence electrons. The number of ether oxygens (including phenoxy) is 1. The van der Waals surface area contributed by atoms with Crippen LogP contribution in [0.15, 0.2) is 60.8 Å². The number of hydrogen-bond acceptors (Lipinski definition) is 3. The van der Waals surface area contributed by atoms with Crippen LogP contribution in [0.25, 0.3) is 22.0 Å². The molecule has 3 aromatic carbocycles. The molecule has 0 bridgehead atoms. The Morgan fingerprint density at radius 1 is 1.16 bits per heavy atom. The van der Waals surface area contributed by atoms with Gasteiger partial charge in [0.05, 0.1) is 24.4 Å². The Morgan fingerprint density at radius 3 is 2.72 bits per heavy atom. The zero-order valence-electron chi connectivity index (χ0n) is 18.0. The Balaban J connectivity index is 1.68. The average molecular weight is 435 g/mol. The smallest absolute Gasteiger partial charge is 0.254 e. The fraction of sp³-hybridized carbons (Fsp3) is 0.200. The van der Waals surface area contributed by atoms with E-state index in [0.717, 1.165) is 5.39 Å². The number of carbonyl (C=O) groups excluding carboxylic acids is 1. The van der Waals surface area contributed by atoms with Gasteiger partial charge in [0.2, 0.25) is 0 Å². The van der Waals surface area contributed by atoms with Crippen molar-refractivity contribution in [3.05, 3.63) is 83.6 Å². The second-order valence-corrected chi connectivity index (χ2v) is 7.54. The lowest BCUT2D eigenvalue weighted by molar-refractivity contribution is 0.0741. The fourth-order valence-corrected chi connectivity index (χ4v) is 3.82. The third kappa shape index (κ3) is 3.93. The monoisotopic (exact) mass is 435 g/mol. The summed E-state index contributed by atoms with van der Waals surface area (Å²) in [5.74, 6) is -0.578. The van der Waals surface area contributed by atoms with Crippen LogP contribution < -0.4 is 4.74 Å². The first-order valence-corrected chi connectivity index (χ1v) is 10.3. The van der Waals surface area contributed by atoms with Gasteiger partial charge in [-0.25, -0.2) is 8.78 Å². The maximum absolute atomic E-state index is 14.7. The Bertz CT molecular complexity index is 1290. The quantitative estimate of drug-likeness (QED) is 0.420. The van der Waals surface area contributed by atoms with Crippen molar-refractivity contribution < 1.29 is 18.3 Å². The van der Waals surface area contributed by atoms with Crippen LogP contribution in [0.5, 0.6) is 5.75 Å². The van der Waals surface area contributed by atoms with Gasteiger partial charge in [-0.1, -0.05) is 12.1 Å². The Labute approximate surface area is 184 Å². The molecule has 7 heteroatoms. The van der Waals surface area contributed by atoms with Crippen LogP contribution in [0, 0.1) is 11.6 Å². The second kappa shape index (κ2) is 8.78. The predicted molar refractivity (Wildman–Crippen MR) is 120 cm³/mol. The molecule has 1 N–H and O–H groups in total. The molecule has 1 heterocycles. The number of halogens is 2. The highest BCUT2D eigenvalue weighted by Gasteiger charge is 2.25. The van der Waals surface area contributed by atoms with E-state index in [1.54, 1.807) is 56.6 Å². The fourth-order valence-electron chi connectivity index (χ4n) is 3.82. The van der Waals surface area contributed by atoms with Crippen molar-refractivity contribution >= 4 is 16.8 Å². The van der Waals surface area contributed by atoms with Gasteiger partial charge < -0.3 is 9.64 Å². The number of carbonyl (C=O) groups is 1.